The molecule has 1 heterocycles. The van der Waals surface area contributed by atoms with E-state index in [1.807, 2.05) is 0 Å². The Hall–Kier alpha value is -1.58. The number of fused-ring (bicyclic) bond motifs is 1. The Morgan fingerprint density at radius 2 is 2.38 bits per heavy atom. The van der Waals surface area contributed by atoms with Gasteiger partial charge in [0.05, 0.1) is 0 Å². The van der Waals surface area contributed by atoms with Crippen LogP contribution in [0.2, 0.25) is 0 Å². The third-order valence-corrected chi connectivity index (χ3v) is 2.08. The Morgan fingerprint density at radius 1 is 1.54 bits per heavy atom. The second-order valence-electron chi connectivity index (χ2n) is 2.95. The van der Waals surface area contributed by atoms with Crippen LogP contribution in [0.5, 0.6) is 0 Å². The van der Waals surface area contributed by atoms with E-state index in [-0.39, 0.29) is 5.76 Å². The molecule has 0 fully saturated rings. The van der Waals surface area contributed by atoms with Crippen LogP contribution in [0.1, 0.15) is 17.7 Å². The summed E-state index contributed by atoms with van der Waals surface area (Å²) < 4.78 is 0. The lowest BCUT2D eigenvalue weighted by Gasteiger charge is -2.12. The van der Waals surface area contributed by atoms with Gasteiger partial charge in [0.15, 0.2) is 0 Å². The first-order valence-electron chi connectivity index (χ1n) is 4.24. The minimum atomic E-state index is 0.264. The average molecular weight is 177 g/mol. The molecule has 1 aliphatic carbocycles. The molecule has 0 amide bonds. The predicted molar refractivity (Wildman–Crippen MR) is 50.5 cm³/mol. The van der Waals surface area contributed by atoms with E-state index in [0.29, 0.717) is 11.6 Å². The highest BCUT2D eigenvalue weighted by molar-refractivity contribution is 5.61. The van der Waals surface area contributed by atoms with Crippen molar-refractivity contribution < 1.29 is 5.11 Å². The predicted octanol–water partition coefficient (Wildman–Crippen LogP) is 1.36. The number of hydrogen-bond donors (Lipinski definition) is 2. The van der Waals surface area contributed by atoms with Crippen LogP contribution in [-0.4, -0.2) is 22.1 Å². The molecule has 0 atom stereocenters. The normalized spacial score (nSPS) is 14.7. The summed E-state index contributed by atoms with van der Waals surface area (Å²) in [6.07, 6.45) is 5.32. The van der Waals surface area contributed by atoms with E-state index in [2.05, 4.69) is 15.3 Å². The zero-order valence-electron chi connectivity index (χ0n) is 7.41. The molecule has 0 saturated heterocycles. The van der Waals surface area contributed by atoms with Crippen molar-refractivity contribution in [2.75, 3.05) is 12.4 Å². The standard InChI is InChI=1S/C9H11N3O/c1-10-9-11-5-6-3-2-4-7(13)8(6)12-9/h4-5,13H,2-3H2,1H3,(H,10,11,12). The molecule has 0 saturated carbocycles. The van der Waals surface area contributed by atoms with Crippen LogP contribution in [0.25, 0.3) is 5.76 Å². The third-order valence-electron chi connectivity index (χ3n) is 2.08. The lowest BCUT2D eigenvalue weighted by atomic mass is 10.0. The van der Waals surface area contributed by atoms with Crippen LogP contribution in [-0.2, 0) is 6.42 Å². The lowest BCUT2D eigenvalue weighted by Crippen LogP contribution is -2.06. The molecule has 2 rings (SSSR count). The van der Waals surface area contributed by atoms with Gasteiger partial charge in [0.1, 0.15) is 11.5 Å². The van der Waals surface area contributed by atoms with Gasteiger partial charge in [-0.1, -0.05) is 0 Å². The van der Waals surface area contributed by atoms with Crippen LogP contribution >= 0.6 is 0 Å². The molecule has 0 spiro atoms. The van der Waals surface area contributed by atoms with Crippen molar-refractivity contribution in [1.29, 1.82) is 0 Å². The highest BCUT2D eigenvalue weighted by Gasteiger charge is 2.13. The fourth-order valence-electron chi connectivity index (χ4n) is 1.39. The number of allylic oxidation sites excluding steroid dienone is 1. The van der Waals surface area contributed by atoms with E-state index in [1.54, 1.807) is 19.3 Å². The van der Waals surface area contributed by atoms with Crippen LogP contribution in [0.4, 0.5) is 5.95 Å². The van der Waals surface area contributed by atoms with Crippen molar-refractivity contribution in [3.63, 3.8) is 0 Å². The first kappa shape index (κ1) is 8.04. The molecule has 4 heteroatoms. The Morgan fingerprint density at radius 3 is 3.15 bits per heavy atom. The number of nitrogens with zero attached hydrogens (tertiary/aromatic N) is 2. The highest BCUT2D eigenvalue weighted by atomic mass is 16.3. The lowest BCUT2D eigenvalue weighted by molar-refractivity contribution is 0.501. The number of aryl methyl sites for hydroxylation is 1. The summed E-state index contributed by atoms with van der Waals surface area (Å²) >= 11 is 0. The monoisotopic (exact) mass is 177 g/mol. The van der Waals surface area contributed by atoms with Gasteiger partial charge in [-0.05, 0) is 18.9 Å². The molecule has 0 unspecified atom stereocenters. The second-order valence-corrected chi connectivity index (χ2v) is 2.95. The van der Waals surface area contributed by atoms with Crippen LogP contribution in [0.15, 0.2) is 12.3 Å². The minimum Gasteiger partial charge on any atom is -0.506 e. The second kappa shape index (κ2) is 3.05. The van der Waals surface area contributed by atoms with Crippen LogP contribution in [0, 0.1) is 0 Å². The number of rotatable bonds is 1. The van der Waals surface area contributed by atoms with Gasteiger partial charge in [-0.15, -0.1) is 0 Å². The molecule has 4 nitrogen and oxygen atoms in total. The van der Waals surface area contributed by atoms with Crippen molar-refractivity contribution in [3.8, 4) is 0 Å². The topological polar surface area (TPSA) is 58.0 Å². The molecular weight excluding hydrogens is 166 g/mol. The van der Waals surface area contributed by atoms with E-state index in [4.69, 9.17) is 0 Å². The Labute approximate surface area is 76.3 Å². The molecule has 0 aromatic carbocycles. The van der Waals surface area contributed by atoms with E-state index < -0.39 is 0 Å². The fourth-order valence-corrected chi connectivity index (χ4v) is 1.39. The maximum Gasteiger partial charge on any atom is 0.223 e. The van der Waals surface area contributed by atoms with Gasteiger partial charge in [-0.2, -0.15) is 0 Å². The molecule has 13 heavy (non-hydrogen) atoms. The van der Waals surface area contributed by atoms with Crippen molar-refractivity contribution in [2.45, 2.75) is 12.8 Å². The molecule has 1 aliphatic rings. The van der Waals surface area contributed by atoms with Crippen molar-refractivity contribution in [2.24, 2.45) is 0 Å². The summed E-state index contributed by atoms with van der Waals surface area (Å²) in [7, 11) is 1.76. The largest absolute Gasteiger partial charge is 0.506 e. The van der Waals surface area contributed by atoms with Crippen LogP contribution < -0.4 is 5.32 Å². The van der Waals surface area contributed by atoms with Crippen molar-refractivity contribution in [3.05, 3.63) is 23.5 Å². The number of aliphatic hydroxyl groups is 1. The molecule has 1 aromatic rings. The minimum absolute atomic E-state index is 0.264. The average Bonchev–Trinajstić information content (AvgIpc) is 2.18. The van der Waals surface area contributed by atoms with Crippen molar-refractivity contribution >= 4 is 11.7 Å². The van der Waals surface area contributed by atoms with E-state index >= 15 is 0 Å². The quantitative estimate of drug-likeness (QED) is 0.680. The number of hydrogen-bond acceptors (Lipinski definition) is 4. The number of aromatic nitrogens is 2. The Bertz CT molecular complexity index is 360. The van der Waals surface area contributed by atoms with Gasteiger partial charge in [0.2, 0.25) is 5.95 Å². The molecule has 68 valence electrons. The smallest absolute Gasteiger partial charge is 0.223 e. The maximum absolute atomic E-state index is 9.52. The van der Waals surface area contributed by atoms with Gasteiger partial charge in [-0.25, -0.2) is 9.97 Å². The highest BCUT2D eigenvalue weighted by Crippen LogP contribution is 2.22. The van der Waals surface area contributed by atoms with Crippen molar-refractivity contribution in [1.82, 2.24) is 9.97 Å². The van der Waals surface area contributed by atoms with E-state index in [9.17, 15) is 5.11 Å². The molecular formula is C9H11N3O. The van der Waals surface area contributed by atoms with Crippen LogP contribution in [0.3, 0.4) is 0 Å². The molecule has 0 radical (unpaired) electrons. The third kappa shape index (κ3) is 1.35. The SMILES string of the molecule is CNc1ncc2c(n1)C(O)=CCC2. The number of nitrogens with one attached hydrogen (secondary N) is 1. The number of aliphatic hydroxyl groups excluding tert-OH is 1. The summed E-state index contributed by atoms with van der Waals surface area (Å²) in [5.74, 6) is 0.806. The fraction of sp³-hybridized carbons (Fsp3) is 0.333. The first-order chi connectivity index (χ1) is 6.31. The Balaban J connectivity index is 2.50. The van der Waals surface area contributed by atoms with E-state index in [1.165, 1.54) is 0 Å². The van der Waals surface area contributed by atoms with Gasteiger partial charge in [0.25, 0.3) is 0 Å². The zero-order chi connectivity index (χ0) is 9.26. The number of anilines is 1. The molecule has 2 N–H and O–H groups in total. The Kier molecular flexibility index (Phi) is 1.88. The zero-order valence-corrected chi connectivity index (χ0v) is 7.41. The van der Waals surface area contributed by atoms with E-state index in [0.717, 1.165) is 18.4 Å². The summed E-state index contributed by atoms with van der Waals surface area (Å²) in [4.78, 5) is 8.26. The van der Waals surface area contributed by atoms with Gasteiger partial charge >= 0.3 is 0 Å². The maximum atomic E-state index is 9.52. The van der Waals surface area contributed by atoms with Gasteiger partial charge in [0, 0.05) is 18.8 Å². The summed E-state index contributed by atoms with van der Waals surface area (Å²) in [6.45, 7) is 0. The van der Waals surface area contributed by atoms with Gasteiger partial charge in [-0.3, -0.25) is 0 Å². The molecule has 1 aromatic heterocycles. The first-order valence-corrected chi connectivity index (χ1v) is 4.24. The molecule has 0 bridgehead atoms. The summed E-state index contributed by atoms with van der Waals surface area (Å²) in [5.41, 5.74) is 1.67. The summed E-state index contributed by atoms with van der Waals surface area (Å²) in [6, 6.07) is 0. The molecule has 0 aliphatic heterocycles. The summed E-state index contributed by atoms with van der Waals surface area (Å²) in [5, 5.41) is 12.4. The van der Waals surface area contributed by atoms with Gasteiger partial charge < -0.3 is 10.4 Å².